The second-order valence-electron chi connectivity index (χ2n) is 4.45. The molecule has 0 spiro atoms. The quantitative estimate of drug-likeness (QED) is 0.653. The van der Waals surface area contributed by atoms with E-state index in [-0.39, 0.29) is 6.42 Å². The van der Waals surface area contributed by atoms with Gasteiger partial charge in [-0.3, -0.25) is 4.79 Å². The zero-order valence-electron chi connectivity index (χ0n) is 8.81. The Morgan fingerprint density at radius 3 is 2.64 bits per heavy atom. The van der Waals surface area contributed by atoms with E-state index in [9.17, 15) is 9.90 Å². The first-order valence-corrected chi connectivity index (χ1v) is 5.07. The molecule has 2 N–H and O–H groups in total. The van der Waals surface area contributed by atoms with E-state index in [4.69, 9.17) is 5.11 Å². The van der Waals surface area contributed by atoms with Crippen LogP contribution in [0.2, 0.25) is 0 Å². The van der Waals surface area contributed by atoms with Crippen LogP contribution in [0.5, 0.6) is 0 Å². The van der Waals surface area contributed by atoms with Crippen molar-refractivity contribution < 1.29 is 15.0 Å². The summed E-state index contributed by atoms with van der Waals surface area (Å²) < 4.78 is 0. The molecule has 3 unspecified atom stereocenters. The molecule has 0 aromatic rings. The third-order valence-corrected chi connectivity index (χ3v) is 2.75. The monoisotopic (exact) mass is 201 g/mol. The van der Waals surface area contributed by atoms with E-state index in [1.54, 1.807) is 0 Å². The van der Waals surface area contributed by atoms with Crippen LogP contribution in [0, 0.1) is 11.8 Å². The van der Waals surface area contributed by atoms with Gasteiger partial charge >= 0.3 is 5.97 Å². The van der Waals surface area contributed by atoms with Gasteiger partial charge in [0.1, 0.15) is 0 Å². The highest BCUT2D eigenvalue weighted by atomic mass is 16.4. The second-order valence-corrected chi connectivity index (χ2v) is 4.45. The Morgan fingerprint density at radius 1 is 1.64 bits per heavy atom. The summed E-state index contributed by atoms with van der Waals surface area (Å²) in [4.78, 5) is 12.3. The van der Waals surface area contributed by atoms with Gasteiger partial charge in [-0.1, -0.05) is 6.92 Å². The third-order valence-electron chi connectivity index (χ3n) is 2.75. The molecular weight excluding hydrogens is 182 g/mol. The molecule has 0 amide bonds. The molecule has 0 aromatic heterocycles. The summed E-state index contributed by atoms with van der Waals surface area (Å²) in [6, 6.07) is 0. The summed E-state index contributed by atoms with van der Waals surface area (Å²) >= 11 is 0. The molecule has 1 aliphatic carbocycles. The predicted octanol–water partition coefficient (Wildman–Crippen LogP) is 0.410. The van der Waals surface area contributed by atoms with Gasteiger partial charge in [0, 0.05) is 13.1 Å². The molecule has 4 heteroatoms. The summed E-state index contributed by atoms with van der Waals surface area (Å²) in [6.45, 7) is 3.64. The Morgan fingerprint density at radius 2 is 2.21 bits per heavy atom. The first kappa shape index (κ1) is 11.5. The lowest BCUT2D eigenvalue weighted by atomic mass is 10.2. The summed E-state index contributed by atoms with van der Waals surface area (Å²) in [7, 11) is 1.93. The lowest BCUT2D eigenvalue weighted by molar-refractivity contribution is -0.139. The minimum absolute atomic E-state index is 0.162. The minimum Gasteiger partial charge on any atom is -0.481 e. The average Bonchev–Trinajstić information content (AvgIpc) is 2.62. The van der Waals surface area contributed by atoms with Crippen molar-refractivity contribution in [1.29, 1.82) is 0 Å². The van der Waals surface area contributed by atoms with Gasteiger partial charge in [0.05, 0.1) is 12.5 Å². The lowest BCUT2D eigenvalue weighted by Crippen LogP contribution is -2.32. The van der Waals surface area contributed by atoms with Crippen LogP contribution in [-0.4, -0.2) is 47.3 Å². The van der Waals surface area contributed by atoms with Gasteiger partial charge in [-0.25, -0.2) is 0 Å². The van der Waals surface area contributed by atoms with Gasteiger partial charge in [0.2, 0.25) is 0 Å². The van der Waals surface area contributed by atoms with E-state index in [0.717, 1.165) is 18.4 Å². The molecule has 82 valence electrons. The molecule has 0 heterocycles. The standard InChI is InChI=1S/C10H19NO3/c1-7-3-8(7)5-11(2)6-9(12)4-10(13)14/h7-9,12H,3-6H2,1-2H3,(H,13,14). The number of rotatable bonds is 6. The fourth-order valence-corrected chi connectivity index (χ4v) is 1.75. The van der Waals surface area contributed by atoms with Crippen LogP contribution in [-0.2, 0) is 4.79 Å². The number of likely N-dealkylation sites (N-methyl/N-ethyl adjacent to an activating group) is 1. The van der Waals surface area contributed by atoms with Gasteiger partial charge in [0.25, 0.3) is 0 Å². The van der Waals surface area contributed by atoms with E-state index in [0.29, 0.717) is 6.54 Å². The van der Waals surface area contributed by atoms with Crippen LogP contribution in [0.15, 0.2) is 0 Å². The van der Waals surface area contributed by atoms with Crippen molar-refractivity contribution in [2.75, 3.05) is 20.1 Å². The topological polar surface area (TPSA) is 60.8 Å². The highest BCUT2D eigenvalue weighted by molar-refractivity contribution is 5.67. The molecule has 1 aliphatic rings. The average molecular weight is 201 g/mol. The minimum atomic E-state index is -0.939. The van der Waals surface area contributed by atoms with Crippen molar-refractivity contribution in [2.24, 2.45) is 11.8 Å². The van der Waals surface area contributed by atoms with E-state index < -0.39 is 12.1 Å². The van der Waals surface area contributed by atoms with E-state index in [1.807, 2.05) is 11.9 Å². The molecule has 4 nitrogen and oxygen atoms in total. The molecule has 0 radical (unpaired) electrons. The number of carboxylic acid groups (broad SMARTS) is 1. The zero-order valence-corrected chi connectivity index (χ0v) is 8.81. The van der Waals surface area contributed by atoms with Crippen LogP contribution in [0.25, 0.3) is 0 Å². The molecule has 14 heavy (non-hydrogen) atoms. The Hall–Kier alpha value is -0.610. The number of hydrogen-bond donors (Lipinski definition) is 2. The van der Waals surface area contributed by atoms with Gasteiger partial charge < -0.3 is 15.1 Å². The molecular formula is C10H19NO3. The largest absolute Gasteiger partial charge is 0.481 e. The SMILES string of the molecule is CC1CC1CN(C)CC(O)CC(=O)O. The van der Waals surface area contributed by atoms with Crippen molar-refractivity contribution in [1.82, 2.24) is 4.90 Å². The summed E-state index contributed by atoms with van der Waals surface area (Å²) in [5.41, 5.74) is 0. The maximum atomic E-state index is 10.3. The predicted molar refractivity (Wildman–Crippen MR) is 53.0 cm³/mol. The Bertz CT molecular complexity index is 208. The molecule has 1 saturated carbocycles. The van der Waals surface area contributed by atoms with Gasteiger partial charge in [-0.05, 0) is 25.3 Å². The Labute approximate surface area is 84.5 Å². The Kier molecular flexibility index (Phi) is 3.89. The second kappa shape index (κ2) is 4.75. The fraction of sp³-hybridized carbons (Fsp3) is 0.900. The van der Waals surface area contributed by atoms with Crippen LogP contribution < -0.4 is 0 Å². The summed E-state index contributed by atoms with van der Waals surface area (Å²) in [6.07, 6.45) is 0.357. The highest BCUT2D eigenvalue weighted by Gasteiger charge is 2.33. The summed E-state index contributed by atoms with van der Waals surface area (Å²) in [5, 5.41) is 17.8. The number of aliphatic hydroxyl groups excluding tert-OH is 1. The van der Waals surface area contributed by atoms with E-state index >= 15 is 0 Å². The first-order chi connectivity index (χ1) is 6.49. The number of hydrogen-bond acceptors (Lipinski definition) is 3. The number of carboxylic acids is 1. The molecule has 0 saturated heterocycles. The maximum Gasteiger partial charge on any atom is 0.306 e. The molecule has 0 aromatic carbocycles. The molecule has 3 atom stereocenters. The van der Waals surface area contributed by atoms with Crippen LogP contribution in [0.3, 0.4) is 0 Å². The van der Waals surface area contributed by atoms with Crippen LogP contribution in [0.1, 0.15) is 19.8 Å². The smallest absolute Gasteiger partial charge is 0.306 e. The number of nitrogens with zero attached hydrogens (tertiary/aromatic N) is 1. The molecule has 0 bridgehead atoms. The van der Waals surface area contributed by atoms with Gasteiger partial charge in [-0.2, -0.15) is 0 Å². The van der Waals surface area contributed by atoms with Crippen molar-refractivity contribution in [3.05, 3.63) is 0 Å². The van der Waals surface area contributed by atoms with Crippen molar-refractivity contribution in [3.8, 4) is 0 Å². The zero-order chi connectivity index (χ0) is 10.7. The number of aliphatic carboxylic acids is 1. The van der Waals surface area contributed by atoms with Crippen molar-refractivity contribution in [2.45, 2.75) is 25.9 Å². The molecule has 1 fully saturated rings. The highest BCUT2D eigenvalue weighted by Crippen LogP contribution is 2.37. The summed E-state index contributed by atoms with van der Waals surface area (Å²) in [5.74, 6) is 0.608. The first-order valence-electron chi connectivity index (χ1n) is 5.07. The van der Waals surface area contributed by atoms with Gasteiger partial charge in [0.15, 0.2) is 0 Å². The lowest BCUT2D eigenvalue weighted by Gasteiger charge is -2.19. The molecule has 1 rings (SSSR count). The van der Waals surface area contributed by atoms with E-state index in [2.05, 4.69) is 6.92 Å². The Balaban J connectivity index is 2.12. The van der Waals surface area contributed by atoms with Crippen LogP contribution in [0.4, 0.5) is 0 Å². The van der Waals surface area contributed by atoms with Gasteiger partial charge in [-0.15, -0.1) is 0 Å². The normalized spacial score (nSPS) is 27.7. The van der Waals surface area contributed by atoms with Crippen molar-refractivity contribution >= 4 is 5.97 Å². The van der Waals surface area contributed by atoms with Crippen LogP contribution >= 0.6 is 0 Å². The van der Waals surface area contributed by atoms with Crippen molar-refractivity contribution in [3.63, 3.8) is 0 Å². The number of carbonyl (C=O) groups is 1. The van der Waals surface area contributed by atoms with E-state index in [1.165, 1.54) is 6.42 Å². The molecule has 0 aliphatic heterocycles. The number of aliphatic hydroxyl groups is 1. The fourth-order valence-electron chi connectivity index (χ4n) is 1.75. The third kappa shape index (κ3) is 4.07. The maximum absolute atomic E-state index is 10.3.